The maximum absolute atomic E-state index is 11.2. The van der Waals surface area contributed by atoms with Crippen LogP contribution < -0.4 is 0 Å². The van der Waals surface area contributed by atoms with Crippen molar-refractivity contribution in [2.24, 2.45) is 0 Å². The molecule has 1 heterocycles. The molecular weight excluding hydrogens is 188 g/mol. The lowest BCUT2D eigenvalue weighted by molar-refractivity contribution is 0.307. The molecule has 78 valence electrons. The Labute approximate surface area is 80.6 Å². The maximum Gasteiger partial charge on any atom is 0.267 e. The predicted octanol–water partition coefficient (Wildman–Crippen LogP) is 2.08. The Balaban J connectivity index is 2.36. The van der Waals surface area contributed by atoms with Crippen molar-refractivity contribution in [2.45, 2.75) is 44.9 Å². The smallest absolute Gasteiger partial charge is 0.267 e. The van der Waals surface area contributed by atoms with Crippen LogP contribution in [0.1, 0.15) is 44.9 Å². The van der Waals surface area contributed by atoms with E-state index in [0.29, 0.717) is 6.61 Å². The summed E-state index contributed by atoms with van der Waals surface area (Å²) in [6.07, 6.45) is 7.35. The third-order valence-electron chi connectivity index (χ3n) is 2.30. The lowest BCUT2D eigenvalue weighted by Gasteiger charge is -2.02. The highest BCUT2D eigenvalue weighted by molar-refractivity contribution is 7.86. The highest BCUT2D eigenvalue weighted by Crippen LogP contribution is 2.11. The fourth-order valence-electron chi connectivity index (χ4n) is 1.51. The lowest BCUT2D eigenvalue weighted by Crippen LogP contribution is -2.11. The molecule has 4 heteroatoms. The summed E-state index contributed by atoms with van der Waals surface area (Å²) in [5.74, 6) is 0.201. The first-order valence-corrected chi connectivity index (χ1v) is 6.65. The fourth-order valence-corrected chi connectivity index (χ4v) is 2.56. The van der Waals surface area contributed by atoms with Gasteiger partial charge in [0.25, 0.3) is 10.1 Å². The van der Waals surface area contributed by atoms with Gasteiger partial charge in [-0.1, -0.05) is 32.1 Å². The summed E-state index contributed by atoms with van der Waals surface area (Å²) in [7, 11) is -3.20. The molecule has 13 heavy (non-hydrogen) atoms. The monoisotopic (exact) mass is 206 g/mol. The molecule has 1 aliphatic heterocycles. The maximum atomic E-state index is 11.2. The van der Waals surface area contributed by atoms with Crippen LogP contribution in [-0.2, 0) is 14.3 Å². The first-order chi connectivity index (χ1) is 6.21. The Morgan fingerprint density at radius 1 is 0.769 bits per heavy atom. The number of hydrogen-bond donors (Lipinski definition) is 0. The molecule has 0 unspecified atom stereocenters. The van der Waals surface area contributed by atoms with Gasteiger partial charge in [-0.15, -0.1) is 0 Å². The summed E-state index contributed by atoms with van der Waals surface area (Å²) < 4.78 is 27.2. The molecule has 3 nitrogen and oxygen atoms in total. The van der Waals surface area contributed by atoms with E-state index in [-0.39, 0.29) is 5.75 Å². The van der Waals surface area contributed by atoms with Crippen LogP contribution in [0.2, 0.25) is 0 Å². The van der Waals surface area contributed by atoms with Gasteiger partial charge in [0, 0.05) is 0 Å². The zero-order valence-electron chi connectivity index (χ0n) is 8.00. The van der Waals surface area contributed by atoms with Crippen LogP contribution in [0.3, 0.4) is 0 Å². The molecule has 0 bridgehead atoms. The summed E-state index contributed by atoms with van der Waals surface area (Å²) in [5, 5.41) is 0. The molecular formula is C9H18O3S. The van der Waals surface area contributed by atoms with Gasteiger partial charge in [0.2, 0.25) is 0 Å². The van der Waals surface area contributed by atoms with Gasteiger partial charge in [0.05, 0.1) is 12.4 Å². The minimum Gasteiger partial charge on any atom is -0.270 e. The van der Waals surface area contributed by atoms with Gasteiger partial charge in [-0.2, -0.15) is 8.42 Å². The third kappa shape index (κ3) is 5.26. The molecule has 0 saturated carbocycles. The average Bonchev–Trinajstić information content (AvgIpc) is 2.10. The van der Waals surface area contributed by atoms with Crippen molar-refractivity contribution in [2.75, 3.05) is 12.4 Å². The molecule has 0 aromatic heterocycles. The van der Waals surface area contributed by atoms with Crippen LogP contribution in [0.15, 0.2) is 0 Å². The summed E-state index contributed by atoms with van der Waals surface area (Å²) in [6.45, 7) is 0.377. The third-order valence-corrected chi connectivity index (χ3v) is 3.62. The molecule has 0 aromatic carbocycles. The number of hydrogen-bond acceptors (Lipinski definition) is 3. The van der Waals surface area contributed by atoms with Gasteiger partial charge in [0.1, 0.15) is 0 Å². The lowest BCUT2D eigenvalue weighted by atomic mass is 10.1. The van der Waals surface area contributed by atoms with E-state index in [0.717, 1.165) is 32.1 Å². The van der Waals surface area contributed by atoms with Crippen LogP contribution >= 0.6 is 0 Å². The SMILES string of the molecule is O=S1(=O)CCCCCCCCCO1. The molecule has 1 rings (SSSR count). The van der Waals surface area contributed by atoms with E-state index in [1.54, 1.807) is 0 Å². The first kappa shape index (κ1) is 11.0. The van der Waals surface area contributed by atoms with E-state index in [1.807, 2.05) is 0 Å². The Morgan fingerprint density at radius 3 is 2.00 bits per heavy atom. The quantitative estimate of drug-likeness (QED) is 0.570. The van der Waals surface area contributed by atoms with Crippen molar-refractivity contribution in [3.8, 4) is 0 Å². The minimum absolute atomic E-state index is 0.201. The van der Waals surface area contributed by atoms with Crippen molar-refractivity contribution in [1.82, 2.24) is 0 Å². The van der Waals surface area contributed by atoms with Gasteiger partial charge in [-0.3, -0.25) is 4.18 Å². The van der Waals surface area contributed by atoms with Crippen LogP contribution in [0.4, 0.5) is 0 Å². The van der Waals surface area contributed by atoms with Crippen LogP contribution in [0, 0.1) is 0 Å². The Hall–Kier alpha value is -0.0900. The minimum atomic E-state index is -3.20. The van der Waals surface area contributed by atoms with E-state index in [4.69, 9.17) is 4.18 Å². The zero-order valence-corrected chi connectivity index (χ0v) is 8.81. The largest absolute Gasteiger partial charge is 0.270 e. The van der Waals surface area contributed by atoms with Crippen molar-refractivity contribution in [1.29, 1.82) is 0 Å². The topological polar surface area (TPSA) is 43.4 Å². The van der Waals surface area contributed by atoms with Gasteiger partial charge in [0.15, 0.2) is 0 Å². The highest BCUT2D eigenvalue weighted by Gasteiger charge is 2.10. The molecule has 1 fully saturated rings. The molecule has 0 spiro atoms. The zero-order chi connectivity index (χ0) is 9.57. The van der Waals surface area contributed by atoms with E-state index in [9.17, 15) is 8.42 Å². The van der Waals surface area contributed by atoms with Crippen LogP contribution in [0.5, 0.6) is 0 Å². The van der Waals surface area contributed by atoms with Gasteiger partial charge < -0.3 is 0 Å². The molecule has 0 atom stereocenters. The highest BCUT2D eigenvalue weighted by atomic mass is 32.2. The van der Waals surface area contributed by atoms with Crippen LogP contribution in [-0.4, -0.2) is 20.8 Å². The Morgan fingerprint density at radius 2 is 1.31 bits per heavy atom. The average molecular weight is 206 g/mol. The molecule has 1 saturated heterocycles. The second-order valence-corrected chi connectivity index (χ2v) is 5.32. The predicted molar refractivity (Wildman–Crippen MR) is 52.1 cm³/mol. The fraction of sp³-hybridized carbons (Fsp3) is 1.00. The van der Waals surface area contributed by atoms with E-state index in [1.165, 1.54) is 12.8 Å². The molecule has 0 aromatic rings. The summed E-state index contributed by atoms with van der Waals surface area (Å²) in [5.41, 5.74) is 0. The Bertz CT molecular complexity index is 203. The summed E-state index contributed by atoms with van der Waals surface area (Å²) >= 11 is 0. The second-order valence-electron chi connectivity index (χ2n) is 3.56. The van der Waals surface area contributed by atoms with E-state index in [2.05, 4.69) is 0 Å². The van der Waals surface area contributed by atoms with Gasteiger partial charge >= 0.3 is 0 Å². The normalized spacial score (nSPS) is 26.2. The molecule has 0 N–H and O–H groups in total. The van der Waals surface area contributed by atoms with E-state index < -0.39 is 10.1 Å². The second kappa shape index (κ2) is 5.60. The van der Waals surface area contributed by atoms with Crippen LogP contribution in [0.25, 0.3) is 0 Å². The summed E-state index contributed by atoms with van der Waals surface area (Å²) in [4.78, 5) is 0. The van der Waals surface area contributed by atoms with Crippen molar-refractivity contribution in [3.63, 3.8) is 0 Å². The summed E-state index contributed by atoms with van der Waals surface area (Å²) in [6, 6.07) is 0. The van der Waals surface area contributed by atoms with Crippen molar-refractivity contribution < 1.29 is 12.6 Å². The van der Waals surface area contributed by atoms with E-state index >= 15 is 0 Å². The van der Waals surface area contributed by atoms with Crippen molar-refractivity contribution >= 4 is 10.1 Å². The molecule has 0 radical (unpaired) electrons. The van der Waals surface area contributed by atoms with Gasteiger partial charge in [-0.05, 0) is 12.8 Å². The standard InChI is InChI=1S/C9H18O3S/c10-13(11)9-7-5-3-1-2-4-6-8-12-13/h1-9H2. The number of rotatable bonds is 0. The molecule has 0 amide bonds. The van der Waals surface area contributed by atoms with Crippen molar-refractivity contribution in [3.05, 3.63) is 0 Å². The molecule has 0 aliphatic carbocycles. The van der Waals surface area contributed by atoms with Gasteiger partial charge in [-0.25, -0.2) is 0 Å². The first-order valence-electron chi connectivity index (χ1n) is 5.08. The Kier molecular flexibility index (Phi) is 4.73. The molecule has 1 aliphatic rings.